The third-order valence-electron chi connectivity index (χ3n) is 3.55. The van der Waals surface area contributed by atoms with Gasteiger partial charge >= 0.3 is 7.82 Å². The van der Waals surface area contributed by atoms with Crippen molar-refractivity contribution in [3.63, 3.8) is 0 Å². The third-order valence-corrected chi connectivity index (χ3v) is 4.56. The maximum absolute atomic E-state index is 11.4. The number of aromatic nitrogens is 4. The van der Waals surface area contributed by atoms with Gasteiger partial charge in [0.2, 0.25) is 0 Å². The lowest BCUT2D eigenvalue weighted by molar-refractivity contribution is -0.0661. The number of nitrogen functional groups attached to an aromatic ring is 1. The van der Waals surface area contributed by atoms with Crippen molar-refractivity contribution in [2.75, 3.05) is 12.3 Å². The van der Waals surface area contributed by atoms with Crippen LogP contribution in [0.5, 0.6) is 0 Å². The molecule has 3 N–H and O–H groups in total. The molecule has 0 spiro atoms. The summed E-state index contributed by atoms with van der Waals surface area (Å²) in [6.07, 6.45) is 1.97. The molecule has 2 aliphatic rings. The van der Waals surface area contributed by atoms with Gasteiger partial charge in [-0.3, -0.25) is 13.6 Å². The number of hydrogen-bond donors (Lipinski definition) is 2. The summed E-state index contributed by atoms with van der Waals surface area (Å²) in [5.41, 5.74) is 6.77. The standard InChI is InChI=1S/C10H12N5O5P/c11-9-8-10(13-3-12-9)15(4-14-8)7-1-5-6(19-7)2-18-21(16,17)20-5/h3-7H,1-2H2,(H,16,17)(H2,11,12,13)/t5?,6-,7+/m0/s1. The molecule has 0 bridgehead atoms. The Morgan fingerprint density at radius 1 is 1.38 bits per heavy atom. The minimum absolute atomic E-state index is 0.0126. The summed E-state index contributed by atoms with van der Waals surface area (Å²) < 4.78 is 28.7. The first-order chi connectivity index (χ1) is 10.0. The van der Waals surface area contributed by atoms with Gasteiger partial charge < -0.3 is 15.4 Å². The predicted molar refractivity (Wildman–Crippen MR) is 68.9 cm³/mol. The first kappa shape index (κ1) is 13.1. The highest BCUT2D eigenvalue weighted by atomic mass is 31.2. The Morgan fingerprint density at radius 3 is 3.10 bits per heavy atom. The summed E-state index contributed by atoms with van der Waals surface area (Å²) in [6.45, 7) is 0.0126. The molecular formula is C10H12N5O5P. The van der Waals surface area contributed by atoms with Crippen LogP contribution in [0.1, 0.15) is 12.6 Å². The van der Waals surface area contributed by atoms with Gasteiger partial charge in [-0.05, 0) is 0 Å². The summed E-state index contributed by atoms with van der Waals surface area (Å²) in [5.74, 6) is 0.286. The lowest BCUT2D eigenvalue weighted by Gasteiger charge is -2.26. The van der Waals surface area contributed by atoms with Gasteiger partial charge in [0.25, 0.3) is 0 Å². The van der Waals surface area contributed by atoms with Gasteiger partial charge in [0.05, 0.1) is 12.9 Å². The number of phosphoric acid groups is 1. The lowest BCUT2D eigenvalue weighted by atomic mass is 10.2. The van der Waals surface area contributed by atoms with Crippen molar-refractivity contribution in [1.82, 2.24) is 19.5 Å². The van der Waals surface area contributed by atoms with Gasteiger partial charge in [-0.2, -0.15) is 0 Å². The minimum atomic E-state index is -3.97. The van der Waals surface area contributed by atoms with Crippen molar-refractivity contribution >= 4 is 24.8 Å². The van der Waals surface area contributed by atoms with E-state index in [4.69, 9.17) is 19.5 Å². The largest absolute Gasteiger partial charge is 0.472 e. The summed E-state index contributed by atoms with van der Waals surface area (Å²) in [7, 11) is -3.97. The van der Waals surface area contributed by atoms with Gasteiger partial charge in [0.1, 0.15) is 30.3 Å². The van der Waals surface area contributed by atoms with Crippen molar-refractivity contribution in [3.05, 3.63) is 12.7 Å². The molecule has 2 saturated heterocycles. The number of rotatable bonds is 1. The summed E-state index contributed by atoms with van der Waals surface area (Å²) in [4.78, 5) is 21.5. The molecule has 2 aliphatic heterocycles. The quantitative estimate of drug-likeness (QED) is 0.708. The number of phosphoric ester groups is 1. The Bertz CT molecular complexity index is 751. The molecular weight excluding hydrogens is 301 g/mol. The molecule has 4 heterocycles. The summed E-state index contributed by atoms with van der Waals surface area (Å²) in [6, 6.07) is 0. The summed E-state index contributed by atoms with van der Waals surface area (Å²) in [5, 5.41) is 0. The third kappa shape index (κ3) is 2.12. The maximum atomic E-state index is 11.4. The number of imidazole rings is 1. The van der Waals surface area contributed by atoms with Crippen LogP contribution in [0.2, 0.25) is 0 Å². The molecule has 10 nitrogen and oxygen atoms in total. The Balaban J connectivity index is 1.66. The summed E-state index contributed by atoms with van der Waals surface area (Å²) >= 11 is 0. The fraction of sp³-hybridized carbons (Fsp3) is 0.500. The van der Waals surface area contributed by atoms with Crippen LogP contribution in [0.15, 0.2) is 12.7 Å². The molecule has 0 amide bonds. The van der Waals surface area contributed by atoms with Crippen LogP contribution in [-0.4, -0.2) is 43.2 Å². The lowest BCUT2D eigenvalue weighted by Crippen LogP contribution is -2.32. The molecule has 4 atom stereocenters. The van der Waals surface area contributed by atoms with Crippen LogP contribution in [0.3, 0.4) is 0 Å². The molecule has 2 fully saturated rings. The van der Waals surface area contributed by atoms with Gasteiger partial charge in [-0.15, -0.1) is 0 Å². The molecule has 11 heteroatoms. The monoisotopic (exact) mass is 313 g/mol. The zero-order valence-corrected chi connectivity index (χ0v) is 11.6. The average molecular weight is 313 g/mol. The van der Waals surface area contributed by atoms with E-state index in [1.165, 1.54) is 6.33 Å². The molecule has 2 aromatic rings. The van der Waals surface area contributed by atoms with Crippen LogP contribution in [-0.2, 0) is 18.3 Å². The number of nitrogens with two attached hydrogens (primary N) is 1. The highest BCUT2D eigenvalue weighted by molar-refractivity contribution is 7.47. The number of fused-ring (bicyclic) bond motifs is 2. The normalized spacial score (nSPS) is 36.0. The average Bonchev–Trinajstić information content (AvgIpc) is 3.01. The van der Waals surface area contributed by atoms with Gasteiger partial charge in [-0.1, -0.05) is 0 Å². The Morgan fingerprint density at radius 2 is 2.24 bits per heavy atom. The smallest absolute Gasteiger partial charge is 0.382 e. The number of nitrogens with zero attached hydrogens (tertiary/aromatic N) is 4. The van der Waals surface area contributed by atoms with Crippen molar-refractivity contribution in [1.29, 1.82) is 0 Å². The van der Waals surface area contributed by atoms with E-state index in [1.54, 1.807) is 10.9 Å². The van der Waals surface area contributed by atoms with Crippen LogP contribution in [0.25, 0.3) is 11.2 Å². The van der Waals surface area contributed by atoms with Crippen LogP contribution in [0.4, 0.5) is 5.82 Å². The number of anilines is 1. The fourth-order valence-electron chi connectivity index (χ4n) is 2.58. The SMILES string of the molecule is Nc1ncnc2c1ncn2[C@H]1CC2OP(=O)(O)OC[C@@H]2O1. The van der Waals surface area contributed by atoms with E-state index in [1.807, 2.05) is 0 Å². The molecule has 0 aliphatic carbocycles. The van der Waals surface area contributed by atoms with Crippen molar-refractivity contribution in [2.24, 2.45) is 0 Å². The van der Waals surface area contributed by atoms with Crippen LogP contribution in [0, 0.1) is 0 Å². The molecule has 112 valence electrons. The molecule has 4 rings (SSSR count). The van der Waals surface area contributed by atoms with E-state index < -0.39 is 26.3 Å². The first-order valence-corrected chi connectivity index (χ1v) is 7.77. The zero-order chi connectivity index (χ0) is 14.6. The second-order valence-electron chi connectivity index (χ2n) is 4.86. The van der Waals surface area contributed by atoms with Crippen molar-refractivity contribution in [3.8, 4) is 0 Å². The Kier molecular flexibility index (Phi) is 2.78. The van der Waals surface area contributed by atoms with Crippen LogP contribution >= 0.6 is 7.82 Å². The second kappa shape index (κ2) is 4.46. The Hall–Kier alpha value is -1.58. The van der Waals surface area contributed by atoms with Crippen LogP contribution < -0.4 is 5.73 Å². The molecule has 2 unspecified atom stereocenters. The minimum Gasteiger partial charge on any atom is -0.382 e. The van der Waals surface area contributed by atoms with Crippen molar-refractivity contribution in [2.45, 2.75) is 24.9 Å². The maximum Gasteiger partial charge on any atom is 0.472 e. The molecule has 0 radical (unpaired) electrons. The molecule has 21 heavy (non-hydrogen) atoms. The second-order valence-corrected chi connectivity index (χ2v) is 6.26. The predicted octanol–water partition coefficient (Wildman–Crippen LogP) is 0.212. The highest BCUT2D eigenvalue weighted by Gasteiger charge is 2.46. The van der Waals surface area contributed by atoms with E-state index in [9.17, 15) is 9.46 Å². The number of hydrogen-bond acceptors (Lipinski definition) is 8. The van der Waals surface area contributed by atoms with E-state index in [2.05, 4.69) is 15.0 Å². The van der Waals surface area contributed by atoms with Gasteiger partial charge in [0.15, 0.2) is 11.5 Å². The van der Waals surface area contributed by atoms with E-state index >= 15 is 0 Å². The van der Waals surface area contributed by atoms with E-state index in [0.717, 1.165) is 0 Å². The topological polar surface area (TPSA) is 135 Å². The van der Waals surface area contributed by atoms with E-state index in [-0.39, 0.29) is 12.4 Å². The number of ether oxygens (including phenoxy) is 1. The van der Waals surface area contributed by atoms with E-state index in [0.29, 0.717) is 17.6 Å². The highest BCUT2D eigenvalue weighted by Crippen LogP contribution is 2.52. The Labute approximate surface area is 118 Å². The van der Waals surface area contributed by atoms with Crippen molar-refractivity contribution < 1.29 is 23.2 Å². The van der Waals surface area contributed by atoms with Gasteiger partial charge in [0, 0.05) is 6.42 Å². The molecule has 0 aromatic carbocycles. The first-order valence-electron chi connectivity index (χ1n) is 6.28. The fourth-order valence-corrected chi connectivity index (χ4v) is 3.54. The van der Waals surface area contributed by atoms with Gasteiger partial charge in [-0.25, -0.2) is 19.5 Å². The molecule has 2 aromatic heterocycles. The molecule has 0 saturated carbocycles. The zero-order valence-electron chi connectivity index (χ0n) is 10.7.